The lowest BCUT2D eigenvalue weighted by atomic mass is 10.1. The highest BCUT2D eigenvalue weighted by Gasteiger charge is 2.23. The summed E-state index contributed by atoms with van der Waals surface area (Å²) in [6.45, 7) is 4.75. The summed E-state index contributed by atoms with van der Waals surface area (Å²) in [7, 11) is 0. The monoisotopic (exact) mass is 221 g/mol. The molecule has 1 aromatic heterocycles. The molecule has 0 saturated heterocycles. The Hall–Kier alpha value is -1.32. The molecule has 1 heterocycles. The smallest absolute Gasteiger partial charge is 0.228 e. The van der Waals surface area contributed by atoms with Gasteiger partial charge >= 0.3 is 0 Å². The number of aryl methyl sites for hydroxylation is 2. The first-order chi connectivity index (χ1) is 7.70. The quantitative estimate of drug-likeness (QED) is 0.851. The van der Waals surface area contributed by atoms with Crippen molar-refractivity contribution in [3.8, 4) is 0 Å². The number of rotatable bonds is 3. The SMILES string of the molecule is CCn1nc(C)cc1NC(=O)C1CCCC1. The van der Waals surface area contributed by atoms with E-state index in [1.54, 1.807) is 0 Å². The Kier molecular flexibility index (Phi) is 3.27. The third-order valence-corrected chi connectivity index (χ3v) is 3.18. The largest absolute Gasteiger partial charge is 0.311 e. The van der Waals surface area contributed by atoms with Crippen LogP contribution < -0.4 is 5.32 Å². The Morgan fingerprint density at radius 3 is 2.88 bits per heavy atom. The normalized spacial score (nSPS) is 16.6. The van der Waals surface area contributed by atoms with Gasteiger partial charge in [0.05, 0.1) is 5.69 Å². The molecule has 0 aromatic carbocycles. The van der Waals surface area contributed by atoms with Crippen molar-refractivity contribution in [1.29, 1.82) is 0 Å². The van der Waals surface area contributed by atoms with Crippen molar-refractivity contribution in [3.05, 3.63) is 11.8 Å². The second-order valence-electron chi connectivity index (χ2n) is 4.46. The predicted molar refractivity (Wildman–Crippen MR) is 63.2 cm³/mol. The van der Waals surface area contributed by atoms with Crippen LogP contribution in [0.15, 0.2) is 6.07 Å². The number of aromatic nitrogens is 2. The molecule has 1 N–H and O–H groups in total. The molecule has 1 aliphatic carbocycles. The van der Waals surface area contributed by atoms with E-state index in [0.29, 0.717) is 0 Å². The molecule has 1 amide bonds. The van der Waals surface area contributed by atoms with Gasteiger partial charge in [0.15, 0.2) is 0 Å². The summed E-state index contributed by atoms with van der Waals surface area (Å²) in [5.74, 6) is 1.20. The number of carbonyl (C=O) groups is 1. The Bertz CT molecular complexity index is 378. The first-order valence-corrected chi connectivity index (χ1v) is 6.06. The zero-order valence-electron chi connectivity index (χ0n) is 9.99. The van der Waals surface area contributed by atoms with Gasteiger partial charge in [-0.2, -0.15) is 5.10 Å². The number of anilines is 1. The molecule has 1 fully saturated rings. The van der Waals surface area contributed by atoms with Crippen LogP contribution in [-0.4, -0.2) is 15.7 Å². The maximum absolute atomic E-state index is 11.9. The maximum Gasteiger partial charge on any atom is 0.228 e. The van der Waals surface area contributed by atoms with Gasteiger partial charge in [0.25, 0.3) is 0 Å². The van der Waals surface area contributed by atoms with E-state index >= 15 is 0 Å². The lowest BCUT2D eigenvalue weighted by Gasteiger charge is -2.10. The first kappa shape index (κ1) is 11.2. The molecule has 2 rings (SSSR count). The molecule has 0 atom stereocenters. The van der Waals surface area contributed by atoms with Crippen LogP contribution in [0.25, 0.3) is 0 Å². The van der Waals surface area contributed by atoms with Crippen LogP contribution in [0.2, 0.25) is 0 Å². The van der Waals surface area contributed by atoms with E-state index in [4.69, 9.17) is 0 Å². The summed E-state index contributed by atoms with van der Waals surface area (Å²) in [4.78, 5) is 11.9. The Labute approximate surface area is 96.0 Å². The van der Waals surface area contributed by atoms with Crippen molar-refractivity contribution in [2.75, 3.05) is 5.32 Å². The summed E-state index contributed by atoms with van der Waals surface area (Å²) >= 11 is 0. The van der Waals surface area contributed by atoms with E-state index in [1.165, 1.54) is 12.8 Å². The van der Waals surface area contributed by atoms with Gasteiger partial charge in [-0.15, -0.1) is 0 Å². The van der Waals surface area contributed by atoms with Gasteiger partial charge in [-0.3, -0.25) is 4.79 Å². The Balaban J connectivity index is 2.04. The number of nitrogens with one attached hydrogen (secondary N) is 1. The molecule has 4 nitrogen and oxygen atoms in total. The van der Waals surface area contributed by atoms with Crippen LogP contribution in [0.4, 0.5) is 5.82 Å². The third-order valence-electron chi connectivity index (χ3n) is 3.18. The van der Waals surface area contributed by atoms with Crippen LogP contribution >= 0.6 is 0 Å². The van der Waals surface area contributed by atoms with Crippen LogP contribution in [0.5, 0.6) is 0 Å². The lowest BCUT2D eigenvalue weighted by Crippen LogP contribution is -2.22. The molecule has 0 aliphatic heterocycles. The highest BCUT2D eigenvalue weighted by atomic mass is 16.2. The maximum atomic E-state index is 11.9. The molecule has 1 aliphatic rings. The average Bonchev–Trinajstić information content (AvgIpc) is 2.87. The third kappa shape index (κ3) is 2.26. The number of carbonyl (C=O) groups excluding carboxylic acids is 1. The molecule has 16 heavy (non-hydrogen) atoms. The number of hydrogen-bond donors (Lipinski definition) is 1. The van der Waals surface area contributed by atoms with Crippen molar-refractivity contribution in [2.24, 2.45) is 5.92 Å². The van der Waals surface area contributed by atoms with Gasteiger partial charge in [0.1, 0.15) is 5.82 Å². The second kappa shape index (κ2) is 4.68. The lowest BCUT2D eigenvalue weighted by molar-refractivity contribution is -0.119. The Morgan fingerprint density at radius 1 is 1.56 bits per heavy atom. The van der Waals surface area contributed by atoms with E-state index in [0.717, 1.165) is 30.9 Å². The van der Waals surface area contributed by atoms with Gasteiger partial charge in [0, 0.05) is 18.5 Å². The first-order valence-electron chi connectivity index (χ1n) is 6.06. The van der Waals surface area contributed by atoms with Gasteiger partial charge in [-0.05, 0) is 26.7 Å². The average molecular weight is 221 g/mol. The van der Waals surface area contributed by atoms with Crippen molar-refractivity contribution < 1.29 is 4.79 Å². The molecule has 1 aromatic rings. The molecule has 88 valence electrons. The van der Waals surface area contributed by atoms with Gasteiger partial charge in [-0.1, -0.05) is 12.8 Å². The summed E-state index contributed by atoms with van der Waals surface area (Å²) in [6, 6.07) is 1.93. The van der Waals surface area contributed by atoms with Crippen molar-refractivity contribution in [1.82, 2.24) is 9.78 Å². The molecule has 4 heteroatoms. The molecule has 0 spiro atoms. The molecular formula is C12H19N3O. The molecular weight excluding hydrogens is 202 g/mol. The minimum Gasteiger partial charge on any atom is -0.311 e. The highest BCUT2D eigenvalue weighted by molar-refractivity contribution is 5.91. The Morgan fingerprint density at radius 2 is 2.25 bits per heavy atom. The topological polar surface area (TPSA) is 46.9 Å². The minimum atomic E-state index is 0.159. The molecule has 0 radical (unpaired) electrons. The summed E-state index contributed by atoms with van der Waals surface area (Å²) in [5, 5.41) is 7.30. The molecule has 1 saturated carbocycles. The summed E-state index contributed by atoms with van der Waals surface area (Å²) in [5.41, 5.74) is 0.948. The van der Waals surface area contributed by atoms with Gasteiger partial charge < -0.3 is 5.32 Å². The van der Waals surface area contributed by atoms with E-state index < -0.39 is 0 Å². The fraction of sp³-hybridized carbons (Fsp3) is 0.667. The van der Waals surface area contributed by atoms with Crippen molar-refractivity contribution in [3.63, 3.8) is 0 Å². The van der Waals surface area contributed by atoms with E-state index in [-0.39, 0.29) is 11.8 Å². The van der Waals surface area contributed by atoms with E-state index in [9.17, 15) is 4.79 Å². The number of hydrogen-bond acceptors (Lipinski definition) is 2. The van der Waals surface area contributed by atoms with Gasteiger partial charge in [0.2, 0.25) is 5.91 Å². The highest BCUT2D eigenvalue weighted by Crippen LogP contribution is 2.26. The van der Waals surface area contributed by atoms with E-state index in [2.05, 4.69) is 10.4 Å². The zero-order chi connectivity index (χ0) is 11.5. The van der Waals surface area contributed by atoms with Crippen molar-refractivity contribution in [2.45, 2.75) is 46.1 Å². The predicted octanol–water partition coefficient (Wildman–Crippen LogP) is 2.34. The van der Waals surface area contributed by atoms with Gasteiger partial charge in [-0.25, -0.2) is 4.68 Å². The fourth-order valence-electron chi connectivity index (χ4n) is 2.30. The van der Waals surface area contributed by atoms with Crippen LogP contribution in [0.1, 0.15) is 38.3 Å². The summed E-state index contributed by atoms with van der Waals surface area (Å²) in [6.07, 6.45) is 4.43. The molecule has 0 unspecified atom stereocenters. The molecule has 0 bridgehead atoms. The van der Waals surface area contributed by atoms with E-state index in [1.807, 2.05) is 24.6 Å². The zero-order valence-corrected chi connectivity index (χ0v) is 9.99. The van der Waals surface area contributed by atoms with Crippen LogP contribution in [-0.2, 0) is 11.3 Å². The second-order valence-corrected chi connectivity index (χ2v) is 4.46. The minimum absolute atomic E-state index is 0.159. The van der Waals surface area contributed by atoms with Crippen molar-refractivity contribution >= 4 is 11.7 Å². The van der Waals surface area contributed by atoms with Crippen LogP contribution in [0.3, 0.4) is 0 Å². The summed E-state index contributed by atoms with van der Waals surface area (Å²) < 4.78 is 1.84. The number of amides is 1. The van der Waals surface area contributed by atoms with Crippen LogP contribution in [0, 0.1) is 12.8 Å². The standard InChI is InChI=1S/C12H19N3O/c1-3-15-11(8-9(2)14-15)13-12(16)10-6-4-5-7-10/h8,10H,3-7H2,1-2H3,(H,13,16). The number of nitrogens with zero attached hydrogens (tertiary/aromatic N) is 2. The fourth-order valence-corrected chi connectivity index (χ4v) is 2.30.